The molecule has 5 N–H and O–H groups in total. The summed E-state index contributed by atoms with van der Waals surface area (Å²) in [5.74, 6) is -14.4. The zero-order valence-corrected chi connectivity index (χ0v) is 38.5. The number of esters is 2. The number of halogens is 6. The molecule has 8 rings (SSSR count). The molecule has 0 saturated heterocycles. The van der Waals surface area contributed by atoms with Gasteiger partial charge in [0, 0.05) is 48.0 Å². The second-order valence-electron chi connectivity index (χ2n) is 14.7. The molecular weight excluding hydrogens is 997 g/mol. The van der Waals surface area contributed by atoms with Crippen molar-refractivity contribution in [2.45, 2.75) is 23.6 Å². The number of anilines is 1. The number of phenolic OH excluding ortho intramolecular Hbond substituents is 1. The summed E-state index contributed by atoms with van der Waals surface area (Å²) in [6.45, 7) is 2.93. The minimum absolute atomic E-state index is 0.00625. The number of rotatable bonds is 11. The Bertz CT molecular complexity index is 3520. The second-order valence-corrected chi connectivity index (χ2v) is 16.8. The highest BCUT2D eigenvalue weighted by atomic mass is 32.2. The molecule has 25 heteroatoms. The first-order chi connectivity index (χ1) is 33.6. The minimum atomic E-state index is -4.60. The number of aromatic hydroxyl groups is 1. The number of aromatic nitrogens is 1. The predicted octanol–water partition coefficient (Wildman–Crippen LogP) is 8.94. The summed E-state index contributed by atoms with van der Waals surface area (Å²) >= 11 is 0.785. The van der Waals surface area contributed by atoms with Gasteiger partial charge in [-0.05, 0) is 50.2 Å². The van der Waals surface area contributed by atoms with E-state index in [1.54, 1.807) is 13.0 Å². The molecule has 0 radical (unpaired) electrons. The van der Waals surface area contributed by atoms with E-state index in [2.05, 4.69) is 14.1 Å². The van der Waals surface area contributed by atoms with Gasteiger partial charge in [-0.3, -0.25) is 14.1 Å². The number of pyridine rings is 1. The van der Waals surface area contributed by atoms with E-state index in [4.69, 9.17) is 20.5 Å². The van der Waals surface area contributed by atoms with Gasteiger partial charge >= 0.3 is 11.9 Å². The number of fused-ring (bicyclic) bond motifs is 5. The van der Waals surface area contributed by atoms with Gasteiger partial charge < -0.3 is 34.5 Å². The Morgan fingerprint density at radius 2 is 1.45 bits per heavy atom. The maximum absolute atomic E-state index is 14.7. The number of nitrogen functional groups attached to an aromatic ring is 1. The number of hydrogen-bond acceptors (Lipinski definition) is 16. The SMILES string of the molecule is CCOC(=O)/C(=C\N(C)C)C(=O)c1cc(F)c(F)c(F)c1F.CCOC(=O)c1cn2c3c(c(F)c(F)cc3c1=O)Oc1ccc3c(S(=O)(=O)O)cccc3c1-2.Nc1c(O)cc(SOOO)c2ccccc12. The first kappa shape index (κ1) is 52.7. The Labute approximate surface area is 400 Å². The quantitative estimate of drug-likeness (QED) is 0.00749. The van der Waals surface area contributed by atoms with Crippen molar-refractivity contribution < 1.29 is 87.6 Å². The zero-order chi connectivity index (χ0) is 52.2. The first-order valence-electron chi connectivity index (χ1n) is 20.1. The van der Waals surface area contributed by atoms with Crippen molar-refractivity contribution in [1.82, 2.24) is 9.47 Å². The summed E-state index contributed by atoms with van der Waals surface area (Å²) in [6.07, 6.45) is 2.13. The Morgan fingerprint density at radius 1 is 0.803 bits per heavy atom. The largest absolute Gasteiger partial charge is 0.506 e. The van der Waals surface area contributed by atoms with E-state index >= 15 is 0 Å². The molecule has 6 aromatic carbocycles. The maximum atomic E-state index is 14.7. The number of carbonyl (C=O) groups excluding carboxylic acids is 3. The monoisotopic (exact) mass is 1030 g/mol. The zero-order valence-electron chi connectivity index (χ0n) is 36.9. The van der Waals surface area contributed by atoms with Crippen LogP contribution in [0.25, 0.3) is 38.1 Å². The summed E-state index contributed by atoms with van der Waals surface area (Å²) in [7, 11) is -1.67. The molecular formula is C46H35F6N3O14S2. The van der Waals surface area contributed by atoms with Gasteiger partial charge in [0.15, 0.2) is 40.6 Å². The Balaban J connectivity index is 0.000000188. The van der Waals surface area contributed by atoms with Gasteiger partial charge in [0.05, 0.1) is 52.5 Å². The molecule has 17 nitrogen and oxygen atoms in total. The van der Waals surface area contributed by atoms with Gasteiger partial charge in [-0.2, -0.15) is 12.8 Å². The molecule has 1 aliphatic heterocycles. The van der Waals surface area contributed by atoms with E-state index in [0.29, 0.717) is 22.0 Å². The lowest BCUT2D eigenvalue weighted by Crippen LogP contribution is -2.23. The van der Waals surface area contributed by atoms with Gasteiger partial charge in [0.2, 0.25) is 17.0 Å². The molecule has 0 atom stereocenters. The standard InChI is InChI=1S/C22H13F2NO7S.C14H13F4NO3.C10H9NO4S/c1-2-31-22(27)13-9-25-18-11-4-3-5-16(33(28,29)30)10(11)6-7-15(18)32-21-17(24)14(23)8-12(19(21)25)20(13)26;1-4-22-14(21)8(6-19(2)3)13(20)7-5-9(15)11(17)12(18)10(7)16;11-10-7-4-2-1-3-6(7)9(5-8(10)12)16-15-14-13/h3-9H,2H2,1H3,(H,28,29,30);5-6H,4H2,1-3H3;1-5,12-13H,11H2/b;8-6-;. The van der Waals surface area contributed by atoms with Crippen molar-refractivity contribution in [3.8, 4) is 22.9 Å². The Morgan fingerprint density at radius 3 is 2.08 bits per heavy atom. The lowest BCUT2D eigenvalue weighted by molar-refractivity contribution is -0.432. The van der Waals surface area contributed by atoms with E-state index in [1.807, 2.05) is 18.2 Å². The number of hydrogen-bond donors (Lipinski definition) is 4. The molecule has 1 aromatic heterocycles. The third-order valence-electron chi connectivity index (χ3n) is 9.98. The summed E-state index contributed by atoms with van der Waals surface area (Å²) in [5, 5.41) is 22.8. The van der Waals surface area contributed by atoms with Crippen molar-refractivity contribution in [3.63, 3.8) is 0 Å². The molecule has 0 saturated carbocycles. The molecule has 1 aliphatic rings. The van der Waals surface area contributed by atoms with Crippen LogP contribution in [0.2, 0.25) is 0 Å². The fraction of sp³-hybridized carbons (Fsp3) is 0.130. The molecule has 372 valence electrons. The summed E-state index contributed by atoms with van der Waals surface area (Å²) in [4.78, 5) is 50.7. The highest BCUT2D eigenvalue weighted by Gasteiger charge is 2.32. The first-order valence-corrected chi connectivity index (χ1v) is 22.3. The number of ketones is 1. The van der Waals surface area contributed by atoms with Crippen molar-refractivity contribution >= 4 is 78.0 Å². The van der Waals surface area contributed by atoms with Gasteiger partial charge in [-0.1, -0.05) is 41.4 Å². The van der Waals surface area contributed by atoms with E-state index in [0.717, 1.165) is 29.8 Å². The predicted molar refractivity (Wildman–Crippen MR) is 243 cm³/mol. The van der Waals surface area contributed by atoms with E-state index in [9.17, 15) is 63.6 Å². The molecule has 7 aromatic rings. The number of carbonyl (C=O) groups is 3. The van der Waals surface area contributed by atoms with Crippen LogP contribution in [-0.4, -0.2) is 77.8 Å². The van der Waals surface area contributed by atoms with Gasteiger partial charge in [-0.25, -0.2) is 36.8 Å². The number of phenols is 1. The van der Waals surface area contributed by atoms with Gasteiger partial charge in [0.25, 0.3) is 10.1 Å². The number of ether oxygens (including phenoxy) is 3. The van der Waals surface area contributed by atoms with Crippen molar-refractivity contribution in [1.29, 1.82) is 0 Å². The maximum Gasteiger partial charge on any atom is 0.343 e. The average Bonchev–Trinajstić information content (AvgIpc) is 3.33. The van der Waals surface area contributed by atoms with Crippen LogP contribution in [0.3, 0.4) is 0 Å². The van der Waals surface area contributed by atoms with E-state index in [1.165, 1.54) is 66.9 Å². The van der Waals surface area contributed by atoms with Gasteiger partial charge in [0.1, 0.15) is 27.3 Å². The molecule has 0 bridgehead atoms. The molecule has 0 unspecified atom stereocenters. The average molecular weight is 1030 g/mol. The van der Waals surface area contributed by atoms with Crippen LogP contribution in [-0.2, 0) is 33.8 Å². The Hall–Kier alpha value is -7.68. The number of nitrogens with two attached hydrogens (primary N) is 1. The third-order valence-corrected chi connectivity index (χ3v) is 11.5. The fourth-order valence-corrected chi connectivity index (χ4v) is 8.25. The van der Waals surface area contributed by atoms with Gasteiger partial charge in [-0.15, -0.1) is 4.33 Å². The van der Waals surface area contributed by atoms with Crippen LogP contribution < -0.4 is 15.9 Å². The molecule has 0 amide bonds. The Kier molecular flexibility index (Phi) is 16.0. The highest BCUT2D eigenvalue weighted by Crippen LogP contribution is 2.46. The number of nitrogens with zero attached hydrogens (tertiary/aromatic N) is 2. The number of Topliss-reactive ketones (excluding diaryl/α,β-unsaturated/α-hetero) is 1. The van der Waals surface area contributed by atoms with E-state index < -0.39 is 90.6 Å². The topological polar surface area (TPSA) is 243 Å². The number of benzene rings is 6. The van der Waals surface area contributed by atoms with Crippen molar-refractivity contribution in [3.05, 3.63) is 147 Å². The minimum Gasteiger partial charge on any atom is -0.506 e. The molecule has 71 heavy (non-hydrogen) atoms. The van der Waals surface area contributed by atoms with Crippen LogP contribution in [0, 0.1) is 34.9 Å². The molecule has 0 spiro atoms. The third kappa shape index (κ3) is 10.6. The van der Waals surface area contributed by atoms with Crippen LogP contribution in [0.4, 0.5) is 32.0 Å². The van der Waals surface area contributed by atoms with Crippen LogP contribution in [0.15, 0.2) is 105 Å². The normalized spacial score (nSPS) is 11.7. The fourth-order valence-electron chi connectivity index (χ4n) is 7.01. The van der Waals surface area contributed by atoms with Crippen molar-refractivity contribution in [2.75, 3.05) is 33.0 Å². The summed E-state index contributed by atoms with van der Waals surface area (Å²) < 4.78 is 136. The van der Waals surface area contributed by atoms with Crippen molar-refractivity contribution in [2.24, 2.45) is 0 Å². The van der Waals surface area contributed by atoms with Crippen LogP contribution in [0.5, 0.6) is 17.2 Å². The second kappa shape index (κ2) is 21.5. The molecule has 2 heterocycles. The highest BCUT2D eigenvalue weighted by molar-refractivity contribution is 7.94. The van der Waals surface area contributed by atoms with E-state index in [-0.39, 0.29) is 63.0 Å². The molecule has 0 aliphatic carbocycles. The van der Waals surface area contributed by atoms with Crippen LogP contribution >= 0.6 is 12.0 Å². The summed E-state index contributed by atoms with van der Waals surface area (Å²) in [6, 6.07) is 16.3. The lowest BCUT2D eigenvalue weighted by atomic mass is 10.0. The lowest BCUT2D eigenvalue weighted by Gasteiger charge is -2.25. The summed E-state index contributed by atoms with van der Waals surface area (Å²) in [5.41, 5.74) is 3.00. The molecule has 0 fully saturated rings. The van der Waals surface area contributed by atoms with Crippen LogP contribution in [0.1, 0.15) is 34.6 Å². The smallest absolute Gasteiger partial charge is 0.343 e.